The molecular formula is C40H57F2N9O6. The van der Waals surface area contributed by atoms with Crippen molar-refractivity contribution in [3.05, 3.63) is 36.0 Å². The Morgan fingerprint density at radius 1 is 0.842 bits per heavy atom. The van der Waals surface area contributed by atoms with Crippen LogP contribution in [0.2, 0.25) is 0 Å². The quantitative estimate of drug-likeness (QED) is 0.164. The van der Waals surface area contributed by atoms with Crippen LogP contribution in [0.15, 0.2) is 30.5 Å². The van der Waals surface area contributed by atoms with Crippen molar-refractivity contribution in [2.75, 3.05) is 133 Å². The van der Waals surface area contributed by atoms with E-state index in [4.69, 9.17) is 9.47 Å². The van der Waals surface area contributed by atoms with Crippen molar-refractivity contribution in [1.82, 2.24) is 39.3 Å². The molecule has 0 unspecified atom stereocenters. The maximum atomic E-state index is 13.8. The fourth-order valence-corrected chi connectivity index (χ4v) is 7.22. The number of esters is 1. The molecule has 4 heterocycles. The molecular weight excluding hydrogens is 740 g/mol. The summed E-state index contributed by atoms with van der Waals surface area (Å²) >= 11 is 0. The number of hydrogen-bond acceptors (Lipinski definition) is 13. The van der Waals surface area contributed by atoms with Gasteiger partial charge in [0.15, 0.2) is 12.4 Å². The molecule has 0 aliphatic carbocycles. The van der Waals surface area contributed by atoms with Crippen molar-refractivity contribution < 1.29 is 37.4 Å². The lowest BCUT2D eigenvalue weighted by Gasteiger charge is -2.34. The number of likely N-dealkylation sites (N-methyl/N-ethyl adjacent to an activating group) is 3. The summed E-state index contributed by atoms with van der Waals surface area (Å²) < 4.78 is 39.1. The molecule has 5 rings (SSSR count). The predicted octanol–water partition coefficient (Wildman–Crippen LogP) is 1.52. The van der Waals surface area contributed by atoms with Crippen LogP contribution < -0.4 is 4.74 Å². The van der Waals surface area contributed by atoms with E-state index in [1.807, 2.05) is 0 Å². The Morgan fingerprint density at radius 3 is 2.12 bits per heavy atom. The maximum absolute atomic E-state index is 13.8. The second-order valence-corrected chi connectivity index (χ2v) is 15.5. The summed E-state index contributed by atoms with van der Waals surface area (Å²) in [5.74, 6) is -4.13. The molecule has 0 bridgehead atoms. The highest BCUT2D eigenvalue weighted by molar-refractivity contribution is 6.08. The first-order chi connectivity index (χ1) is 27.3. The van der Waals surface area contributed by atoms with E-state index in [0.29, 0.717) is 55.0 Å². The number of nitriles is 1. The van der Waals surface area contributed by atoms with Crippen LogP contribution in [0.3, 0.4) is 0 Å². The normalized spacial score (nSPS) is 21.1. The molecule has 0 saturated carbocycles. The highest BCUT2D eigenvalue weighted by Crippen LogP contribution is 2.32. The van der Waals surface area contributed by atoms with E-state index in [9.17, 15) is 33.2 Å². The SMILES string of the molecule is CN1CCN(C)CCN(CC(=O)OCC(=O)N2CCN(CCCOc3ccc4nccc(C(=O)CCC(=O)N5CC(F)(F)C[C@H]5C#N)c4c3)CC2)CCN(C)CC1. The van der Waals surface area contributed by atoms with Crippen LogP contribution in [-0.4, -0.2) is 207 Å². The average molecular weight is 798 g/mol. The fourth-order valence-electron chi connectivity index (χ4n) is 7.22. The number of hydrogen-bond donors (Lipinski definition) is 0. The molecule has 1 aromatic heterocycles. The first kappa shape index (κ1) is 43.8. The number of ketones is 1. The van der Waals surface area contributed by atoms with E-state index >= 15 is 0 Å². The summed E-state index contributed by atoms with van der Waals surface area (Å²) in [5, 5.41) is 9.76. The standard InChI is InChI=1S/C40H57F2N9O6/c1-45-12-14-46(2)16-18-49(19-17-47(3)15-13-45)28-39(55)57-29-38(54)50-22-20-48(21-23-50)11-4-24-56-32-5-6-35-34(25-32)33(9-10-44-35)36(52)7-8-37(53)51-30-40(41,42)26-31(51)27-43/h5-6,9-10,25,31H,4,7-8,11-24,26,28-30H2,1-3H3/t31-/m0/s1. The van der Waals surface area contributed by atoms with E-state index in [1.54, 1.807) is 35.2 Å². The molecule has 1 atom stereocenters. The number of fused-ring (bicyclic) bond motifs is 1. The first-order valence-corrected chi connectivity index (χ1v) is 19.9. The zero-order valence-electron chi connectivity index (χ0n) is 33.5. The predicted molar refractivity (Wildman–Crippen MR) is 209 cm³/mol. The molecule has 312 valence electrons. The highest BCUT2D eigenvalue weighted by Gasteiger charge is 2.47. The third-order valence-electron chi connectivity index (χ3n) is 11.0. The van der Waals surface area contributed by atoms with Gasteiger partial charge >= 0.3 is 5.97 Å². The Morgan fingerprint density at radius 2 is 1.47 bits per heavy atom. The Kier molecular flexibility index (Phi) is 16.0. The lowest BCUT2D eigenvalue weighted by molar-refractivity contribution is -0.153. The Balaban J connectivity index is 0.998. The van der Waals surface area contributed by atoms with Crippen LogP contribution in [0.5, 0.6) is 5.75 Å². The van der Waals surface area contributed by atoms with Crippen LogP contribution in [0.25, 0.3) is 10.9 Å². The van der Waals surface area contributed by atoms with E-state index < -0.39 is 30.8 Å². The topological polar surface area (TPSA) is 146 Å². The van der Waals surface area contributed by atoms with Gasteiger partial charge in [0.05, 0.1) is 31.3 Å². The third kappa shape index (κ3) is 13.4. The molecule has 17 heteroatoms. The number of ether oxygens (including phenoxy) is 2. The number of nitrogens with zero attached hydrogens (tertiary/aromatic N) is 9. The van der Waals surface area contributed by atoms with Gasteiger partial charge in [-0.05, 0) is 51.8 Å². The van der Waals surface area contributed by atoms with E-state index in [-0.39, 0.29) is 43.7 Å². The van der Waals surface area contributed by atoms with Gasteiger partial charge in [-0.3, -0.25) is 34.0 Å². The van der Waals surface area contributed by atoms with Gasteiger partial charge in [-0.25, -0.2) is 8.78 Å². The molecule has 0 spiro atoms. The number of alkyl halides is 2. The van der Waals surface area contributed by atoms with Crippen molar-refractivity contribution in [2.24, 2.45) is 0 Å². The van der Waals surface area contributed by atoms with Crippen LogP contribution in [0, 0.1) is 11.3 Å². The Labute approximate surface area is 334 Å². The van der Waals surface area contributed by atoms with Crippen LogP contribution in [0.1, 0.15) is 36.0 Å². The van der Waals surface area contributed by atoms with Gasteiger partial charge in [-0.15, -0.1) is 0 Å². The van der Waals surface area contributed by atoms with Crippen molar-refractivity contribution >= 4 is 34.5 Å². The molecule has 3 aliphatic rings. The molecule has 1 aromatic carbocycles. The molecule has 3 fully saturated rings. The van der Waals surface area contributed by atoms with Gasteiger partial charge < -0.3 is 34.0 Å². The van der Waals surface area contributed by atoms with Gasteiger partial charge in [-0.2, -0.15) is 5.26 Å². The molecule has 15 nitrogen and oxygen atoms in total. The molecule has 57 heavy (non-hydrogen) atoms. The summed E-state index contributed by atoms with van der Waals surface area (Å²) in [7, 11) is 6.34. The minimum Gasteiger partial charge on any atom is -0.494 e. The van der Waals surface area contributed by atoms with Crippen molar-refractivity contribution in [3.8, 4) is 11.8 Å². The zero-order valence-corrected chi connectivity index (χ0v) is 33.5. The largest absolute Gasteiger partial charge is 0.494 e. The third-order valence-corrected chi connectivity index (χ3v) is 11.0. The number of piperazine rings is 1. The summed E-state index contributed by atoms with van der Waals surface area (Å²) in [6, 6.07) is 7.37. The van der Waals surface area contributed by atoms with Crippen molar-refractivity contribution in [1.29, 1.82) is 5.26 Å². The second kappa shape index (κ2) is 20.9. The molecule has 2 amide bonds. The summed E-state index contributed by atoms with van der Waals surface area (Å²) in [6.07, 6.45) is 1.05. The fraction of sp³-hybridized carbons (Fsp3) is 0.650. The molecule has 3 saturated heterocycles. The first-order valence-electron chi connectivity index (χ1n) is 19.9. The number of aromatic nitrogens is 1. The molecule has 0 N–H and O–H groups in total. The minimum atomic E-state index is -3.12. The van der Waals surface area contributed by atoms with Gasteiger partial charge in [0, 0.05) is 121 Å². The molecule has 3 aliphatic heterocycles. The lowest BCUT2D eigenvalue weighted by atomic mass is 10.0. The Bertz CT molecular complexity index is 1720. The smallest absolute Gasteiger partial charge is 0.320 e. The maximum Gasteiger partial charge on any atom is 0.320 e. The van der Waals surface area contributed by atoms with Crippen LogP contribution in [0.4, 0.5) is 8.78 Å². The van der Waals surface area contributed by atoms with E-state index in [2.05, 4.69) is 50.6 Å². The van der Waals surface area contributed by atoms with Gasteiger partial charge in [0.1, 0.15) is 11.8 Å². The number of carbonyl (C=O) groups is 4. The van der Waals surface area contributed by atoms with E-state index in [1.165, 1.54) is 6.20 Å². The summed E-state index contributed by atoms with van der Waals surface area (Å²) in [5.41, 5.74) is 0.923. The average Bonchev–Trinajstić information content (AvgIpc) is 3.53. The number of rotatable bonds is 13. The number of Topliss-reactive ketones (excluding diaryl/α,β-unsaturated/α-hetero) is 1. The lowest BCUT2D eigenvalue weighted by Crippen LogP contribution is -2.50. The van der Waals surface area contributed by atoms with Crippen molar-refractivity contribution in [2.45, 2.75) is 37.6 Å². The highest BCUT2D eigenvalue weighted by atomic mass is 19.3. The zero-order chi connectivity index (χ0) is 41.0. The number of halogens is 2. The summed E-state index contributed by atoms with van der Waals surface area (Å²) in [4.78, 5) is 69.7. The number of carbonyl (C=O) groups excluding carboxylic acids is 4. The minimum absolute atomic E-state index is 0.153. The van der Waals surface area contributed by atoms with Gasteiger partial charge in [0.2, 0.25) is 5.91 Å². The monoisotopic (exact) mass is 797 g/mol. The van der Waals surface area contributed by atoms with E-state index in [0.717, 1.165) is 70.2 Å². The second-order valence-electron chi connectivity index (χ2n) is 15.5. The molecule has 2 aromatic rings. The number of benzene rings is 1. The summed E-state index contributed by atoms with van der Waals surface area (Å²) in [6.45, 7) is 9.81. The number of amides is 2. The van der Waals surface area contributed by atoms with Gasteiger partial charge in [-0.1, -0.05) is 0 Å². The van der Waals surface area contributed by atoms with Crippen molar-refractivity contribution in [3.63, 3.8) is 0 Å². The van der Waals surface area contributed by atoms with Crippen LogP contribution >= 0.6 is 0 Å². The number of likely N-dealkylation sites (tertiary alicyclic amines) is 1. The number of pyridine rings is 1. The molecule has 0 radical (unpaired) electrons. The van der Waals surface area contributed by atoms with Crippen LogP contribution in [-0.2, 0) is 19.1 Å². The van der Waals surface area contributed by atoms with Gasteiger partial charge in [0.25, 0.3) is 11.8 Å². The Hall–Kier alpha value is -4.34.